The average Bonchev–Trinajstić information content (AvgIpc) is 2.25. The van der Waals surface area contributed by atoms with E-state index in [0.717, 1.165) is 0 Å². The van der Waals surface area contributed by atoms with Gasteiger partial charge >= 0.3 is 24.0 Å². The van der Waals surface area contributed by atoms with Gasteiger partial charge in [-0.3, -0.25) is 0 Å². The number of hydrogen-bond donors (Lipinski definition) is 3. The molecule has 0 bridgehead atoms. The minimum absolute atomic E-state index is 0.0305. The van der Waals surface area contributed by atoms with Crippen LogP contribution in [-0.2, 0) is 4.74 Å². The number of hydrogen-bond acceptors (Lipinski definition) is 5. The highest BCUT2D eigenvalue weighted by Gasteiger charge is 2.31. The smallest absolute Gasteiger partial charge is 0.412 e. The van der Waals surface area contributed by atoms with E-state index >= 15 is 0 Å². The first-order valence-electron chi connectivity index (χ1n) is 4.78. The summed E-state index contributed by atoms with van der Waals surface area (Å²) in [5, 5.41) is 18.4. The summed E-state index contributed by atoms with van der Waals surface area (Å²) in [6, 6.07) is 0. The number of nitrogens with two attached hydrogens (primary N) is 1. The summed E-state index contributed by atoms with van der Waals surface area (Å²) in [5.74, 6) is -4.02. The van der Waals surface area contributed by atoms with Gasteiger partial charge in [-0.25, -0.2) is 19.2 Å². The van der Waals surface area contributed by atoms with Gasteiger partial charge in [0.2, 0.25) is 0 Å². The second-order valence-electron chi connectivity index (χ2n) is 3.39. The molecule has 1 aromatic rings. The molecule has 112 valence electrons. The second-order valence-corrected chi connectivity index (χ2v) is 6.62. The Morgan fingerprint density at radius 2 is 1.14 bits per heavy atom. The van der Waals surface area contributed by atoms with Crippen LogP contribution in [0.5, 0.6) is 0 Å². The predicted molar refractivity (Wildman–Crippen MR) is 93.5 cm³/mol. The van der Waals surface area contributed by atoms with Gasteiger partial charge in [0.05, 0.1) is 16.7 Å². The fourth-order valence-corrected chi connectivity index (χ4v) is 5.89. The molecule has 0 spiro atoms. The zero-order valence-electron chi connectivity index (χ0n) is 9.65. The van der Waals surface area contributed by atoms with E-state index in [0.29, 0.717) is 0 Å². The third-order valence-corrected chi connectivity index (χ3v) is 5.38. The van der Waals surface area contributed by atoms with E-state index in [9.17, 15) is 29.4 Å². The van der Waals surface area contributed by atoms with Crippen LogP contribution in [-0.4, -0.2) is 34.2 Å². The third kappa shape index (κ3) is 3.74. The van der Waals surface area contributed by atoms with Crippen molar-refractivity contribution >= 4 is 91.8 Å². The Morgan fingerprint density at radius 3 is 1.43 bits per heavy atom. The molecule has 0 saturated heterocycles. The number of carboxylic acid groups (broad SMARTS) is 2. The largest absolute Gasteiger partial charge is 0.478 e. The SMILES string of the molecule is NC(=O)OC(=O)c1c(I)c(C(=O)O)c(I)c(C(=O)O)c1I. The van der Waals surface area contributed by atoms with Crippen molar-refractivity contribution in [3.8, 4) is 0 Å². The molecule has 0 aliphatic carbocycles. The minimum Gasteiger partial charge on any atom is -0.478 e. The average molecular weight is 631 g/mol. The Balaban J connectivity index is 3.80. The monoisotopic (exact) mass is 631 g/mol. The quantitative estimate of drug-likeness (QED) is 0.264. The van der Waals surface area contributed by atoms with Crippen LogP contribution in [0.1, 0.15) is 31.1 Å². The number of carbonyl (C=O) groups excluding carboxylic acids is 2. The number of aromatic carboxylic acids is 2. The van der Waals surface area contributed by atoms with E-state index in [-0.39, 0.29) is 27.4 Å². The Kier molecular flexibility index (Phi) is 6.14. The summed E-state index contributed by atoms with van der Waals surface area (Å²) in [5.41, 5.74) is 3.69. The number of rotatable bonds is 3. The van der Waals surface area contributed by atoms with Crippen molar-refractivity contribution in [3.05, 3.63) is 27.4 Å². The molecule has 11 heteroatoms. The Labute approximate surface area is 157 Å². The molecular weight excluding hydrogens is 627 g/mol. The maximum Gasteiger partial charge on any atom is 0.412 e. The highest BCUT2D eigenvalue weighted by atomic mass is 127. The number of carbonyl (C=O) groups is 4. The molecule has 0 unspecified atom stereocenters. The van der Waals surface area contributed by atoms with E-state index in [1.807, 2.05) is 0 Å². The normalized spacial score (nSPS) is 10.0. The molecule has 1 aromatic carbocycles. The van der Waals surface area contributed by atoms with Crippen LogP contribution in [0.3, 0.4) is 0 Å². The molecule has 0 heterocycles. The van der Waals surface area contributed by atoms with Crippen LogP contribution in [0.4, 0.5) is 4.79 Å². The summed E-state index contributed by atoms with van der Waals surface area (Å²) in [6.45, 7) is 0. The fraction of sp³-hybridized carbons (Fsp3) is 0. The van der Waals surface area contributed by atoms with Crippen molar-refractivity contribution in [3.63, 3.8) is 0 Å². The third-order valence-electron chi connectivity index (χ3n) is 2.14. The molecule has 21 heavy (non-hydrogen) atoms. The molecule has 0 aliphatic heterocycles. The van der Waals surface area contributed by atoms with Crippen LogP contribution in [0.15, 0.2) is 0 Å². The summed E-state index contributed by atoms with van der Waals surface area (Å²) in [7, 11) is 0. The van der Waals surface area contributed by atoms with Crippen molar-refractivity contribution < 1.29 is 34.1 Å². The summed E-state index contributed by atoms with van der Waals surface area (Å²) < 4.78 is 4.10. The summed E-state index contributed by atoms with van der Waals surface area (Å²) in [6.07, 6.45) is -1.38. The van der Waals surface area contributed by atoms with Crippen LogP contribution in [0.2, 0.25) is 0 Å². The van der Waals surface area contributed by atoms with Crippen LogP contribution >= 0.6 is 67.8 Å². The first-order valence-corrected chi connectivity index (χ1v) is 8.01. The second kappa shape index (κ2) is 7.03. The van der Waals surface area contributed by atoms with Crippen molar-refractivity contribution in [2.45, 2.75) is 0 Å². The lowest BCUT2D eigenvalue weighted by atomic mass is 10.1. The number of halogens is 3. The van der Waals surface area contributed by atoms with E-state index < -0.39 is 24.0 Å². The lowest BCUT2D eigenvalue weighted by Crippen LogP contribution is -2.23. The van der Waals surface area contributed by atoms with Crippen molar-refractivity contribution in [1.82, 2.24) is 0 Å². The van der Waals surface area contributed by atoms with Gasteiger partial charge in [0, 0.05) is 10.7 Å². The van der Waals surface area contributed by atoms with Crippen LogP contribution < -0.4 is 5.73 Å². The molecule has 0 saturated carbocycles. The Bertz CT molecular complexity index is 645. The zero-order chi connectivity index (χ0) is 16.5. The van der Waals surface area contributed by atoms with Gasteiger partial charge in [-0.1, -0.05) is 0 Å². The molecule has 0 radical (unpaired) electrons. The molecule has 4 N–H and O–H groups in total. The molecule has 0 fully saturated rings. The van der Waals surface area contributed by atoms with Gasteiger partial charge in [-0.15, -0.1) is 0 Å². The van der Waals surface area contributed by atoms with Gasteiger partial charge in [0.25, 0.3) is 0 Å². The number of ether oxygens (including phenoxy) is 1. The van der Waals surface area contributed by atoms with Gasteiger partial charge < -0.3 is 20.7 Å². The lowest BCUT2D eigenvalue weighted by Gasteiger charge is -2.13. The number of primary amides is 1. The van der Waals surface area contributed by atoms with E-state index in [1.54, 1.807) is 67.8 Å². The van der Waals surface area contributed by atoms with Crippen LogP contribution in [0.25, 0.3) is 0 Å². The van der Waals surface area contributed by atoms with E-state index in [1.165, 1.54) is 0 Å². The molecule has 0 aliphatic rings. The van der Waals surface area contributed by atoms with E-state index in [2.05, 4.69) is 4.74 Å². The highest BCUT2D eigenvalue weighted by Crippen LogP contribution is 2.32. The molecular formula is C10H4I3NO7. The standard InChI is InChI=1S/C10H4I3NO7/c11-4-1(7(15)16)5(12)3(9(19)21-10(14)20)6(13)2(4)8(17)18/h(H2,14,20)(H,15,16)(H,17,18). The first-order chi connectivity index (χ1) is 9.59. The van der Waals surface area contributed by atoms with E-state index in [4.69, 9.17) is 5.73 Å². The predicted octanol–water partition coefficient (Wildman–Crippen LogP) is 2.13. The lowest BCUT2D eigenvalue weighted by molar-refractivity contribution is 0.0636. The molecule has 1 amide bonds. The maximum atomic E-state index is 11.8. The Morgan fingerprint density at radius 1 is 0.810 bits per heavy atom. The number of benzene rings is 1. The van der Waals surface area contributed by atoms with Crippen molar-refractivity contribution in [1.29, 1.82) is 0 Å². The topological polar surface area (TPSA) is 144 Å². The van der Waals surface area contributed by atoms with Crippen molar-refractivity contribution in [2.24, 2.45) is 5.73 Å². The molecule has 1 rings (SSSR count). The zero-order valence-corrected chi connectivity index (χ0v) is 16.1. The molecule has 0 atom stereocenters. The Hall–Kier alpha value is -0.710. The highest BCUT2D eigenvalue weighted by molar-refractivity contribution is 14.1. The van der Waals surface area contributed by atoms with Crippen LogP contribution in [0, 0.1) is 10.7 Å². The number of amides is 1. The van der Waals surface area contributed by atoms with Gasteiger partial charge in [-0.05, 0) is 67.8 Å². The summed E-state index contributed by atoms with van der Waals surface area (Å²) >= 11 is 4.72. The summed E-state index contributed by atoms with van der Waals surface area (Å²) in [4.78, 5) is 45.0. The number of esters is 1. The van der Waals surface area contributed by atoms with Gasteiger partial charge in [0.15, 0.2) is 0 Å². The van der Waals surface area contributed by atoms with Gasteiger partial charge in [-0.2, -0.15) is 0 Å². The van der Waals surface area contributed by atoms with Gasteiger partial charge in [0.1, 0.15) is 0 Å². The minimum atomic E-state index is -1.41. The molecule has 8 nitrogen and oxygen atoms in total. The first kappa shape index (κ1) is 18.3. The van der Waals surface area contributed by atoms with Crippen molar-refractivity contribution in [2.75, 3.05) is 0 Å². The number of carboxylic acids is 2. The maximum absolute atomic E-state index is 11.8. The fourth-order valence-electron chi connectivity index (χ4n) is 1.36. The molecule has 0 aromatic heterocycles.